The van der Waals surface area contributed by atoms with Crippen molar-refractivity contribution in [2.45, 2.75) is 36.0 Å². The van der Waals surface area contributed by atoms with Crippen LogP contribution in [0.15, 0.2) is 58.6 Å². The Balaban J connectivity index is 1.65. The molecule has 0 amide bonds. The number of rotatable bonds is 5. The highest BCUT2D eigenvalue weighted by atomic mass is 32.2. The van der Waals surface area contributed by atoms with E-state index in [0.717, 1.165) is 37.9 Å². The van der Waals surface area contributed by atoms with E-state index in [-0.39, 0.29) is 17.0 Å². The van der Waals surface area contributed by atoms with Gasteiger partial charge in [-0.1, -0.05) is 24.3 Å². The van der Waals surface area contributed by atoms with Crippen LogP contribution in [0.25, 0.3) is 0 Å². The highest BCUT2D eigenvalue weighted by Crippen LogP contribution is 2.23. The summed E-state index contributed by atoms with van der Waals surface area (Å²) >= 11 is 0. The lowest BCUT2D eigenvalue weighted by Gasteiger charge is -2.32. The average Bonchev–Trinajstić information content (AvgIpc) is 2.63. The van der Waals surface area contributed by atoms with E-state index in [1.165, 1.54) is 0 Å². The van der Waals surface area contributed by atoms with E-state index in [1.807, 2.05) is 6.07 Å². The number of benzene rings is 1. The summed E-state index contributed by atoms with van der Waals surface area (Å²) in [6.07, 6.45) is 4.65. The molecule has 0 spiro atoms. The molecular formula is C18H23BN2O3S. The molecule has 25 heavy (non-hydrogen) atoms. The largest absolute Gasteiger partial charge is 0.437 e. The van der Waals surface area contributed by atoms with Crippen LogP contribution in [-0.2, 0) is 16.3 Å². The summed E-state index contributed by atoms with van der Waals surface area (Å²) in [7, 11) is -3.94. The second kappa shape index (κ2) is 7.68. The first kappa shape index (κ1) is 18.1. The molecule has 1 aliphatic rings. The van der Waals surface area contributed by atoms with Crippen LogP contribution in [-0.4, -0.2) is 43.4 Å². The Kier molecular flexibility index (Phi) is 5.56. The Morgan fingerprint density at radius 1 is 1.16 bits per heavy atom. The Bertz CT molecular complexity index is 787. The quantitative estimate of drug-likeness (QED) is 0.831. The molecule has 7 heteroatoms. The summed E-state index contributed by atoms with van der Waals surface area (Å²) in [5.74, 6) is 0.549. The minimum Gasteiger partial charge on any atom is -0.437 e. The van der Waals surface area contributed by atoms with Crippen molar-refractivity contribution >= 4 is 16.9 Å². The van der Waals surface area contributed by atoms with Gasteiger partial charge in [0.05, 0.1) is 4.90 Å². The molecule has 1 aromatic heterocycles. The second-order valence-corrected chi connectivity index (χ2v) is 8.53. The van der Waals surface area contributed by atoms with Gasteiger partial charge in [-0.05, 0) is 68.9 Å². The molecule has 0 radical (unpaired) electrons. The molecule has 2 aromatic rings. The van der Waals surface area contributed by atoms with Gasteiger partial charge in [-0.25, -0.2) is 13.4 Å². The molecule has 1 N–H and O–H groups in total. The maximum atomic E-state index is 12.5. The molecule has 0 unspecified atom stereocenters. The van der Waals surface area contributed by atoms with Crippen LogP contribution in [0.4, 0.5) is 0 Å². The average molecular weight is 358 g/mol. The minimum absolute atomic E-state index is 0.0892. The number of pyridine rings is 1. The van der Waals surface area contributed by atoms with Crippen molar-refractivity contribution in [1.82, 2.24) is 9.79 Å². The van der Waals surface area contributed by atoms with E-state index >= 15 is 0 Å². The molecule has 1 fully saturated rings. The van der Waals surface area contributed by atoms with Gasteiger partial charge >= 0.3 is 7.05 Å². The third kappa shape index (κ3) is 4.29. The van der Waals surface area contributed by atoms with Gasteiger partial charge in [0.15, 0.2) is 5.03 Å². The second-order valence-electron chi connectivity index (χ2n) is 6.64. The number of aromatic nitrogens is 1. The minimum atomic E-state index is -3.55. The van der Waals surface area contributed by atoms with Crippen LogP contribution in [0.5, 0.6) is 0 Å². The van der Waals surface area contributed by atoms with Crippen molar-refractivity contribution in [3.8, 4) is 0 Å². The fraction of sp³-hybridized carbons (Fsp3) is 0.389. The van der Waals surface area contributed by atoms with Gasteiger partial charge in [-0.2, -0.15) is 0 Å². The van der Waals surface area contributed by atoms with E-state index in [0.29, 0.717) is 5.92 Å². The fourth-order valence-corrected chi connectivity index (χ4v) is 4.47. The van der Waals surface area contributed by atoms with E-state index in [4.69, 9.17) is 0 Å². The third-order valence-electron chi connectivity index (χ3n) is 4.83. The molecule has 3 rings (SSSR count). The number of hydrogen-bond donors (Lipinski definition) is 1. The van der Waals surface area contributed by atoms with Crippen LogP contribution < -0.4 is 0 Å². The van der Waals surface area contributed by atoms with E-state index in [2.05, 4.69) is 9.79 Å². The first-order valence-electron chi connectivity index (χ1n) is 8.64. The molecule has 0 atom stereocenters. The predicted octanol–water partition coefficient (Wildman–Crippen LogP) is 2.28. The monoisotopic (exact) mass is 358 g/mol. The van der Waals surface area contributed by atoms with Crippen molar-refractivity contribution < 1.29 is 13.4 Å². The molecule has 1 saturated heterocycles. The number of piperidine rings is 1. The van der Waals surface area contributed by atoms with Crippen LogP contribution >= 0.6 is 0 Å². The van der Waals surface area contributed by atoms with Gasteiger partial charge in [0.1, 0.15) is 0 Å². The van der Waals surface area contributed by atoms with E-state index < -0.39 is 9.84 Å². The first-order chi connectivity index (χ1) is 12.0. The van der Waals surface area contributed by atoms with Crippen molar-refractivity contribution in [2.75, 3.05) is 13.1 Å². The molecule has 0 aliphatic carbocycles. The van der Waals surface area contributed by atoms with Crippen molar-refractivity contribution in [1.29, 1.82) is 0 Å². The summed E-state index contributed by atoms with van der Waals surface area (Å²) in [6.45, 7) is 3.60. The molecule has 2 heterocycles. The van der Waals surface area contributed by atoms with Crippen LogP contribution in [0.2, 0.25) is 6.82 Å². The summed E-state index contributed by atoms with van der Waals surface area (Å²) in [6, 6.07) is 11.8. The SMILES string of the molecule is CB(O)N1CCC(Cc2ccc(S(=O)(=O)c3ccccc3)nc2)CC1. The summed E-state index contributed by atoms with van der Waals surface area (Å²) in [4.78, 5) is 6.54. The van der Waals surface area contributed by atoms with Crippen LogP contribution in [0.1, 0.15) is 18.4 Å². The molecule has 1 aromatic carbocycles. The van der Waals surface area contributed by atoms with Gasteiger partial charge in [0, 0.05) is 6.20 Å². The Hall–Kier alpha value is -1.70. The lowest BCUT2D eigenvalue weighted by Crippen LogP contribution is -2.43. The number of nitrogens with zero attached hydrogens (tertiary/aromatic N) is 2. The zero-order valence-corrected chi connectivity index (χ0v) is 15.2. The van der Waals surface area contributed by atoms with Crippen molar-refractivity contribution in [3.63, 3.8) is 0 Å². The van der Waals surface area contributed by atoms with Crippen LogP contribution in [0.3, 0.4) is 0 Å². The number of hydrogen-bond acceptors (Lipinski definition) is 5. The molecule has 5 nitrogen and oxygen atoms in total. The first-order valence-corrected chi connectivity index (χ1v) is 10.1. The lowest BCUT2D eigenvalue weighted by molar-refractivity contribution is 0.250. The van der Waals surface area contributed by atoms with Gasteiger partial charge < -0.3 is 9.83 Å². The predicted molar refractivity (Wildman–Crippen MR) is 98.0 cm³/mol. The van der Waals surface area contributed by atoms with Gasteiger partial charge in [-0.15, -0.1) is 0 Å². The maximum Gasteiger partial charge on any atom is 0.376 e. The number of sulfone groups is 1. The topological polar surface area (TPSA) is 70.5 Å². The zero-order valence-electron chi connectivity index (χ0n) is 14.4. The summed E-state index contributed by atoms with van der Waals surface area (Å²) < 4.78 is 25.1. The Morgan fingerprint density at radius 3 is 2.40 bits per heavy atom. The van der Waals surface area contributed by atoms with Crippen molar-refractivity contribution in [2.24, 2.45) is 5.92 Å². The zero-order chi connectivity index (χ0) is 17.9. The highest BCUT2D eigenvalue weighted by Gasteiger charge is 2.24. The molecular weight excluding hydrogens is 335 g/mol. The van der Waals surface area contributed by atoms with Crippen molar-refractivity contribution in [3.05, 3.63) is 54.2 Å². The lowest BCUT2D eigenvalue weighted by atomic mass is 9.80. The van der Waals surface area contributed by atoms with E-state index in [9.17, 15) is 13.4 Å². The molecule has 132 valence electrons. The summed E-state index contributed by atoms with van der Waals surface area (Å²) in [5, 5.41) is 9.70. The maximum absolute atomic E-state index is 12.5. The van der Waals surface area contributed by atoms with E-state index in [1.54, 1.807) is 49.4 Å². The molecule has 1 aliphatic heterocycles. The van der Waals surface area contributed by atoms with Gasteiger partial charge in [0.2, 0.25) is 9.84 Å². The fourth-order valence-electron chi connectivity index (χ4n) is 3.28. The molecule has 0 saturated carbocycles. The highest BCUT2D eigenvalue weighted by molar-refractivity contribution is 7.91. The standard InChI is InChI=1S/C18H23BN2O3S/c1-19(22)21-11-9-15(10-12-21)13-16-7-8-18(20-14-16)25(23,24)17-5-3-2-4-6-17/h2-8,14-15,22H,9-13H2,1H3. The normalized spacial score (nSPS) is 16.7. The molecule has 0 bridgehead atoms. The summed E-state index contributed by atoms with van der Waals surface area (Å²) in [5.41, 5.74) is 1.06. The van der Waals surface area contributed by atoms with Gasteiger partial charge in [-0.3, -0.25) is 0 Å². The Morgan fingerprint density at radius 2 is 1.84 bits per heavy atom. The third-order valence-corrected chi connectivity index (χ3v) is 6.51. The smallest absolute Gasteiger partial charge is 0.376 e. The van der Waals surface area contributed by atoms with Crippen LogP contribution in [0, 0.1) is 5.92 Å². The Labute approximate surface area is 149 Å². The van der Waals surface area contributed by atoms with Gasteiger partial charge in [0.25, 0.3) is 0 Å².